The standard InChI is InChI=1S/C23H32N2O2S/c26-21(12-11-19-7-3-1-4-8-19)24-15-13-23(14-16-24)25(17-18-28-23)22(27)20-9-5-2-6-10-20/h1,3-4,7-8,20H,2,5-6,9-18H2. The molecule has 3 fully saturated rings. The average Bonchev–Trinajstić information content (AvgIpc) is 3.16. The summed E-state index contributed by atoms with van der Waals surface area (Å²) < 4.78 is 0. The van der Waals surface area contributed by atoms with E-state index in [1.807, 2.05) is 34.9 Å². The number of rotatable bonds is 4. The van der Waals surface area contributed by atoms with Crippen LogP contribution in [-0.2, 0) is 16.0 Å². The number of carbonyl (C=O) groups excluding carboxylic acids is 2. The Bertz CT molecular complexity index is 679. The largest absolute Gasteiger partial charge is 0.342 e. The van der Waals surface area contributed by atoms with E-state index >= 15 is 0 Å². The summed E-state index contributed by atoms with van der Waals surface area (Å²) in [6, 6.07) is 10.2. The fourth-order valence-electron chi connectivity index (χ4n) is 5.06. The molecule has 4 nitrogen and oxygen atoms in total. The van der Waals surface area contributed by atoms with Gasteiger partial charge in [-0.1, -0.05) is 49.6 Å². The van der Waals surface area contributed by atoms with Gasteiger partial charge in [-0.25, -0.2) is 0 Å². The molecule has 2 amide bonds. The van der Waals surface area contributed by atoms with Crippen molar-refractivity contribution < 1.29 is 9.59 Å². The number of aryl methyl sites for hydroxylation is 1. The van der Waals surface area contributed by atoms with Crippen LogP contribution >= 0.6 is 11.8 Å². The second-order valence-corrected chi connectivity index (χ2v) is 9.94. The number of piperidine rings is 1. The molecule has 1 saturated carbocycles. The first-order valence-electron chi connectivity index (χ1n) is 11.0. The quantitative estimate of drug-likeness (QED) is 0.764. The fraction of sp³-hybridized carbons (Fsp3) is 0.652. The van der Waals surface area contributed by atoms with E-state index in [1.54, 1.807) is 0 Å². The zero-order valence-corrected chi connectivity index (χ0v) is 17.6. The third-order valence-corrected chi connectivity index (χ3v) is 8.32. The molecule has 0 bridgehead atoms. The summed E-state index contributed by atoms with van der Waals surface area (Å²) in [6.45, 7) is 2.46. The summed E-state index contributed by atoms with van der Waals surface area (Å²) >= 11 is 1.96. The molecular weight excluding hydrogens is 368 g/mol. The van der Waals surface area contributed by atoms with Gasteiger partial charge in [-0.05, 0) is 37.7 Å². The van der Waals surface area contributed by atoms with Crippen molar-refractivity contribution >= 4 is 23.6 Å². The van der Waals surface area contributed by atoms with Crippen LogP contribution in [0.5, 0.6) is 0 Å². The van der Waals surface area contributed by atoms with Crippen molar-refractivity contribution in [2.75, 3.05) is 25.4 Å². The van der Waals surface area contributed by atoms with E-state index in [0.717, 1.165) is 57.5 Å². The second kappa shape index (κ2) is 8.89. The van der Waals surface area contributed by atoms with Crippen LogP contribution in [-0.4, -0.2) is 51.9 Å². The van der Waals surface area contributed by atoms with Gasteiger partial charge in [0.15, 0.2) is 0 Å². The second-order valence-electron chi connectivity index (χ2n) is 8.49. The first-order valence-corrected chi connectivity index (χ1v) is 11.9. The van der Waals surface area contributed by atoms with Crippen molar-refractivity contribution in [2.45, 2.75) is 62.7 Å². The van der Waals surface area contributed by atoms with E-state index in [-0.39, 0.29) is 16.7 Å². The molecule has 2 heterocycles. The van der Waals surface area contributed by atoms with Crippen molar-refractivity contribution in [1.29, 1.82) is 0 Å². The van der Waals surface area contributed by atoms with Crippen molar-refractivity contribution in [3.8, 4) is 0 Å². The van der Waals surface area contributed by atoms with Gasteiger partial charge in [0, 0.05) is 37.7 Å². The minimum atomic E-state index is -0.0509. The first kappa shape index (κ1) is 19.8. The van der Waals surface area contributed by atoms with E-state index in [9.17, 15) is 9.59 Å². The first-order chi connectivity index (χ1) is 13.7. The summed E-state index contributed by atoms with van der Waals surface area (Å²) in [4.78, 5) is 30.0. The number of nitrogens with zero attached hydrogens (tertiary/aromatic N) is 2. The minimum absolute atomic E-state index is 0.0509. The Hall–Kier alpha value is -1.49. The molecule has 5 heteroatoms. The number of benzene rings is 1. The monoisotopic (exact) mass is 400 g/mol. The number of amides is 2. The van der Waals surface area contributed by atoms with Crippen molar-refractivity contribution in [1.82, 2.24) is 9.80 Å². The van der Waals surface area contributed by atoms with Gasteiger partial charge in [-0.15, -0.1) is 11.8 Å². The third-order valence-electron chi connectivity index (χ3n) is 6.77. The highest BCUT2D eigenvalue weighted by Crippen LogP contribution is 2.45. The summed E-state index contributed by atoms with van der Waals surface area (Å²) in [7, 11) is 0. The molecule has 3 aliphatic rings. The van der Waals surface area contributed by atoms with Gasteiger partial charge in [-0.2, -0.15) is 0 Å². The maximum Gasteiger partial charge on any atom is 0.226 e. The maximum atomic E-state index is 13.2. The number of likely N-dealkylation sites (tertiary alicyclic amines) is 1. The highest BCUT2D eigenvalue weighted by atomic mass is 32.2. The van der Waals surface area contributed by atoms with Gasteiger partial charge in [0.25, 0.3) is 0 Å². The lowest BCUT2D eigenvalue weighted by Gasteiger charge is -2.45. The summed E-state index contributed by atoms with van der Waals surface area (Å²) in [5.74, 6) is 1.94. The lowest BCUT2D eigenvalue weighted by Crippen LogP contribution is -2.55. The van der Waals surface area contributed by atoms with E-state index in [0.29, 0.717) is 12.3 Å². The highest BCUT2D eigenvalue weighted by molar-refractivity contribution is 8.00. The molecule has 1 spiro atoms. The topological polar surface area (TPSA) is 40.6 Å². The molecule has 1 aromatic rings. The molecule has 28 heavy (non-hydrogen) atoms. The SMILES string of the molecule is O=C(CCc1ccccc1)N1CCC2(CC1)SCCN2C(=O)C1CCCCC1. The molecule has 0 N–H and O–H groups in total. The van der Waals surface area contributed by atoms with Crippen LogP contribution in [0.2, 0.25) is 0 Å². The smallest absolute Gasteiger partial charge is 0.226 e. The minimum Gasteiger partial charge on any atom is -0.342 e. The Morgan fingerprint density at radius 1 is 1.00 bits per heavy atom. The lowest BCUT2D eigenvalue weighted by atomic mass is 9.87. The molecular formula is C23H32N2O2S. The maximum absolute atomic E-state index is 13.2. The van der Waals surface area contributed by atoms with Crippen LogP contribution < -0.4 is 0 Å². The molecule has 2 saturated heterocycles. The van der Waals surface area contributed by atoms with Crippen LogP contribution in [0.25, 0.3) is 0 Å². The molecule has 1 aromatic carbocycles. The average molecular weight is 401 g/mol. The number of carbonyl (C=O) groups is 2. The normalized spacial score (nSPS) is 22.6. The summed E-state index contributed by atoms with van der Waals surface area (Å²) in [5.41, 5.74) is 1.22. The fourth-order valence-corrected chi connectivity index (χ4v) is 6.53. The Labute approximate surface area is 173 Å². The van der Waals surface area contributed by atoms with Crippen LogP contribution in [0.1, 0.15) is 56.9 Å². The number of thioether (sulfide) groups is 1. The van der Waals surface area contributed by atoms with Gasteiger partial charge < -0.3 is 9.80 Å². The van der Waals surface area contributed by atoms with E-state index in [4.69, 9.17) is 0 Å². The van der Waals surface area contributed by atoms with Gasteiger partial charge in [-0.3, -0.25) is 9.59 Å². The van der Waals surface area contributed by atoms with Crippen LogP contribution in [0.4, 0.5) is 0 Å². The molecule has 1 aliphatic carbocycles. The highest BCUT2D eigenvalue weighted by Gasteiger charge is 2.48. The Morgan fingerprint density at radius 3 is 2.43 bits per heavy atom. The molecule has 2 aliphatic heterocycles. The predicted molar refractivity (Wildman–Crippen MR) is 114 cm³/mol. The molecule has 0 atom stereocenters. The Balaban J connectivity index is 1.31. The predicted octanol–water partition coefficient (Wildman–Crippen LogP) is 4.09. The summed E-state index contributed by atoms with van der Waals surface area (Å²) in [6.07, 6.45) is 9.06. The number of hydrogen-bond donors (Lipinski definition) is 0. The zero-order valence-electron chi connectivity index (χ0n) is 16.8. The third kappa shape index (κ3) is 4.24. The molecule has 0 unspecified atom stereocenters. The van der Waals surface area contributed by atoms with Crippen LogP contribution in [0, 0.1) is 5.92 Å². The van der Waals surface area contributed by atoms with E-state index < -0.39 is 0 Å². The molecule has 0 radical (unpaired) electrons. The summed E-state index contributed by atoms with van der Waals surface area (Å²) in [5, 5.41) is 0. The van der Waals surface area contributed by atoms with Gasteiger partial charge in [0.1, 0.15) is 0 Å². The Kier molecular flexibility index (Phi) is 6.29. The van der Waals surface area contributed by atoms with Gasteiger partial charge in [0.05, 0.1) is 4.87 Å². The Morgan fingerprint density at radius 2 is 1.71 bits per heavy atom. The van der Waals surface area contributed by atoms with Crippen molar-refractivity contribution in [3.05, 3.63) is 35.9 Å². The molecule has 0 aromatic heterocycles. The van der Waals surface area contributed by atoms with Crippen molar-refractivity contribution in [2.24, 2.45) is 5.92 Å². The van der Waals surface area contributed by atoms with Crippen LogP contribution in [0.15, 0.2) is 30.3 Å². The lowest BCUT2D eigenvalue weighted by molar-refractivity contribution is -0.141. The van der Waals surface area contributed by atoms with Crippen LogP contribution in [0.3, 0.4) is 0 Å². The van der Waals surface area contributed by atoms with E-state index in [1.165, 1.54) is 24.8 Å². The van der Waals surface area contributed by atoms with E-state index in [2.05, 4.69) is 17.0 Å². The zero-order chi connectivity index (χ0) is 19.4. The van der Waals surface area contributed by atoms with Crippen molar-refractivity contribution in [3.63, 3.8) is 0 Å². The van der Waals surface area contributed by atoms with Gasteiger partial charge >= 0.3 is 0 Å². The number of hydrogen-bond acceptors (Lipinski definition) is 3. The molecule has 4 rings (SSSR count). The van der Waals surface area contributed by atoms with Gasteiger partial charge in [0.2, 0.25) is 11.8 Å². The molecule has 152 valence electrons.